The normalized spacial score (nSPS) is 14.3. The molecule has 0 heterocycles. The number of rotatable bonds is 5. The predicted octanol–water partition coefficient (Wildman–Crippen LogP) is 1.68. The van der Waals surface area contributed by atoms with E-state index >= 15 is 0 Å². The van der Waals surface area contributed by atoms with Crippen LogP contribution in [-0.4, -0.2) is 12.1 Å². The minimum Gasteiger partial charge on any atom is -0.310 e. The number of nitrogens with one attached hydrogen (secondary N) is 1. The molecule has 0 saturated heterocycles. The second-order valence-corrected chi connectivity index (χ2v) is 2.94. The van der Waals surface area contributed by atoms with E-state index in [1.54, 1.807) is 0 Å². The van der Waals surface area contributed by atoms with Crippen LogP contribution in [0.25, 0.3) is 0 Å². The summed E-state index contributed by atoms with van der Waals surface area (Å²) in [6, 6.07) is 2.76. The maximum atomic E-state index is 8.48. The van der Waals surface area contributed by atoms with Gasteiger partial charge in [0.25, 0.3) is 0 Å². The van der Waals surface area contributed by atoms with Gasteiger partial charge in [0.15, 0.2) is 0 Å². The van der Waals surface area contributed by atoms with E-state index in [9.17, 15) is 0 Å². The monoisotopic (exact) mass is 164 g/mol. The molecule has 12 heavy (non-hydrogen) atoms. The van der Waals surface area contributed by atoms with Gasteiger partial charge in [-0.3, -0.25) is 0 Å². The van der Waals surface area contributed by atoms with Crippen molar-refractivity contribution in [1.29, 1.82) is 5.26 Å². The zero-order valence-corrected chi connectivity index (χ0v) is 7.80. The van der Waals surface area contributed by atoms with Crippen molar-refractivity contribution in [1.82, 2.24) is 5.32 Å². The van der Waals surface area contributed by atoms with Gasteiger partial charge in [0, 0.05) is 18.5 Å². The van der Waals surface area contributed by atoms with Crippen molar-refractivity contribution in [3.05, 3.63) is 0 Å². The van der Waals surface area contributed by atoms with Gasteiger partial charge in [-0.2, -0.15) is 5.26 Å². The first-order valence-corrected chi connectivity index (χ1v) is 4.31. The molecule has 0 fully saturated rings. The third-order valence-corrected chi connectivity index (χ3v) is 1.77. The van der Waals surface area contributed by atoms with E-state index in [4.69, 9.17) is 11.7 Å². The van der Waals surface area contributed by atoms with Crippen molar-refractivity contribution in [3.8, 4) is 18.4 Å². The van der Waals surface area contributed by atoms with Gasteiger partial charge in [-0.1, -0.05) is 6.92 Å². The zero-order chi connectivity index (χ0) is 9.40. The lowest BCUT2D eigenvalue weighted by Gasteiger charge is -2.18. The lowest BCUT2D eigenvalue weighted by Crippen LogP contribution is -2.35. The van der Waals surface area contributed by atoms with Crippen molar-refractivity contribution in [2.45, 2.75) is 45.2 Å². The van der Waals surface area contributed by atoms with Gasteiger partial charge in [-0.25, -0.2) is 0 Å². The largest absolute Gasteiger partial charge is 0.310 e. The van der Waals surface area contributed by atoms with Crippen LogP contribution in [0.3, 0.4) is 0 Å². The molecule has 2 atom stereocenters. The summed E-state index contributed by atoms with van der Waals surface area (Å²) in [4.78, 5) is 0. The molecule has 1 N–H and O–H groups in total. The summed E-state index contributed by atoms with van der Waals surface area (Å²) < 4.78 is 0. The molecule has 2 nitrogen and oxygen atoms in total. The van der Waals surface area contributed by atoms with Crippen molar-refractivity contribution < 1.29 is 0 Å². The van der Waals surface area contributed by atoms with E-state index in [1.165, 1.54) is 0 Å². The van der Waals surface area contributed by atoms with Crippen LogP contribution in [0.5, 0.6) is 0 Å². The van der Waals surface area contributed by atoms with E-state index in [0.717, 1.165) is 12.8 Å². The number of hydrogen-bond donors (Lipinski definition) is 1. The van der Waals surface area contributed by atoms with Gasteiger partial charge in [-0.05, 0) is 13.3 Å². The van der Waals surface area contributed by atoms with Gasteiger partial charge in [0.05, 0.1) is 12.5 Å². The van der Waals surface area contributed by atoms with Gasteiger partial charge < -0.3 is 5.32 Å². The summed E-state index contributed by atoms with van der Waals surface area (Å²) in [6.45, 7) is 4.11. The van der Waals surface area contributed by atoms with E-state index in [-0.39, 0.29) is 0 Å². The highest BCUT2D eigenvalue weighted by atomic mass is 14.9. The molecule has 0 aromatic rings. The number of hydrogen-bond acceptors (Lipinski definition) is 2. The SMILES string of the molecule is C#CCC(C)NC(CC)CC#N. The maximum absolute atomic E-state index is 8.48. The molecule has 0 rings (SSSR count). The molecule has 2 unspecified atom stereocenters. The molecule has 0 aliphatic carbocycles. The van der Waals surface area contributed by atoms with Crippen LogP contribution in [0, 0.1) is 23.7 Å². The Labute approximate surface area is 75.0 Å². The molecule has 0 aromatic carbocycles. The second kappa shape index (κ2) is 6.70. The highest BCUT2D eigenvalue weighted by molar-refractivity contribution is 4.90. The number of nitriles is 1. The highest BCUT2D eigenvalue weighted by Crippen LogP contribution is 1.99. The Bertz CT molecular complexity index is 185. The lowest BCUT2D eigenvalue weighted by molar-refractivity contribution is 0.443. The Morgan fingerprint density at radius 2 is 2.17 bits per heavy atom. The Morgan fingerprint density at radius 3 is 2.58 bits per heavy atom. The molecule has 66 valence electrons. The summed E-state index contributed by atoms with van der Waals surface area (Å²) in [6.07, 6.45) is 7.43. The quantitative estimate of drug-likeness (QED) is 0.627. The molecule has 0 amide bonds. The Morgan fingerprint density at radius 1 is 1.50 bits per heavy atom. The first-order chi connectivity index (χ1) is 5.74. The molecule has 0 aliphatic rings. The van der Waals surface area contributed by atoms with Crippen LogP contribution >= 0.6 is 0 Å². The lowest BCUT2D eigenvalue weighted by atomic mass is 10.1. The average Bonchev–Trinajstić information content (AvgIpc) is 2.04. The molecule has 2 heteroatoms. The fourth-order valence-corrected chi connectivity index (χ4v) is 1.07. The maximum Gasteiger partial charge on any atom is 0.0638 e. The number of nitrogens with zero attached hydrogens (tertiary/aromatic N) is 1. The summed E-state index contributed by atoms with van der Waals surface area (Å²) in [5.74, 6) is 2.59. The zero-order valence-electron chi connectivity index (χ0n) is 7.80. The molecule has 0 saturated carbocycles. The molecule has 0 spiro atoms. The van der Waals surface area contributed by atoms with Gasteiger partial charge >= 0.3 is 0 Å². The van der Waals surface area contributed by atoms with Crippen molar-refractivity contribution in [2.24, 2.45) is 0 Å². The van der Waals surface area contributed by atoms with Crippen LogP contribution in [0.2, 0.25) is 0 Å². The Kier molecular flexibility index (Phi) is 6.15. The fraction of sp³-hybridized carbons (Fsp3) is 0.700. The van der Waals surface area contributed by atoms with Gasteiger partial charge in [-0.15, -0.1) is 12.3 Å². The summed E-state index contributed by atoms with van der Waals surface area (Å²) in [7, 11) is 0. The third kappa shape index (κ3) is 4.77. The molecular weight excluding hydrogens is 148 g/mol. The van der Waals surface area contributed by atoms with Crippen LogP contribution in [0.4, 0.5) is 0 Å². The predicted molar refractivity (Wildman–Crippen MR) is 50.4 cm³/mol. The highest BCUT2D eigenvalue weighted by Gasteiger charge is 2.07. The van der Waals surface area contributed by atoms with E-state index < -0.39 is 0 Å². The van der Waals surface area contributed by atoms with Crippen molar-refractivity contribution in [3.63, 3.8) is 0 Å². The van der Waals surface area contributed by atoms with Crippen LogP contribution < -0.4 is 5.32 Å². The Hall–Kier alpha value is -0.990. The molecule has 0 aromatic heterocycles. The second-order valence-electron chi connectivity index (χ2n) is 2.94. The van der Waals surface area contributed by atoms with Crippen LogP contribution in [0.15, 0.2) is 0 Å². The summed E-state index contributed by atoms with van der Waals surface area (Å²) in [5.41, 5.74) is 0. The Balaban J connectivity index is 3.71. The van der Waals surface area contributed by atoms with Gasteiger partial charge in [0.1, 0.15) is 0 Å². The van der Waals surface area contributed by atoms with Gasteiger partial charge in [0.2, 0.25) is 0 Å². The standard InChI is InChI=1S/C10H16N2/c1-4-6-9(3)12-10(5-2)7-8-11/h1,9-10,12H,5-7H2,2-3H3. The first kappa shape index (κ1) is 11.0. The molecule has 0 radical (unpaired) electrons. The van der Waals surface area contributed by atoms with Crippen LogP contribution in [-0.2, 0) is 0 Å². The summed E-state index contributed by atoms with van der Waals surface area (Å²) >= 11 is 0. The van der Waals surface area contributed by atoms with E-state index in [1.807, 2.05) is 6.92 Å². The fourth-order valence-electron chi connectivity index (χ4n) is 1.07. The molecular formula is C10H16N2. The minimum absolute atomic E-state index is 0.290. The molecule has 0 aliphatic heterocycles. The van der Waals surface area contributed by atoms with Crippen molar-refractivity contribution in [2.75, 3.05) is 0 Å². The average molecular weight is 164 g/mol. The number of terminal acetylenes is 1. The van der Waals surface area contributed by atoms with Crippen molar-refractivity contribution >= 4 is 0 Å². The van der Waals surface area contributed by atoms with Crippen LogP contribution in [0.1, 0.15) is 33.1 Å². The minimum atomic E-state index is 0.290. The summed E-state index contributed by atoms with van der Waals surface area (Å²) in [5, 5.41) is 11.8. The van der Waals surface area contributed by atoms with E-state index in [0.29, 0.717) is 18.5 Å². The molecule has 0 bridgehead atoms. The topological polar surface area (TPSA) is 35.8 Å². The smallest absolute Gasteiger partial charge is 0.0638 e. The third-order valence-electron chi connectivity index (χ3n) is 1.77. The van der Waals surface area contributed by atoms with E-state index in [2.05, 4.69) is 24.2 Å². The first-order valence-electron chi connectivity index (χ1n) is 4.31.